The van der Waals surface area contributed by atoms with Crippen molar-refractivity contribution in [3.63, 3.8) is 0 Å². The Kier molecular flexibility index (Phi) is 7.52. The number of furan rings is 1. The molecule has 3 heteroatoms. The van der Waals surface area contributed by atoms with Crippen molar-refractivity contribution in [1.29, 1.82) is 0 Å². The predicted molar refractivity (Wildman–Crippen MR) is 227 cm³/mol. The standard InChI is InChI=1S/C50H35NOSi/c1-4-17-40(18-5-1)53(41-19-6-2-7-20-41,42-21-8-3-9-22-42)43-32-30-38(31-33-43)51(48-25-14-16-36-15-10-11-23-44(36)48)39-29-27-37-28-34-46-45-24-12-13-26-49(45)52-50(46)47(37)35-39/h1-35H. The van der Waals surface area contributed by atoms with Crippen molar-refractivity contribution in [2.24, 2.45) is 0 Å². The van der Waals surface area contributed by atoms with Gasteiger partial charge in [0.15, 0.2) is 8.07 Å². The van der Waals surface area contributed by atoms with Gasteiger partial charge in [0.05, 0.1) is 5.69 Å². The van der Waals surface area contributed by atoms with E-state index in [0.29, 0.717) is 0 Å². The second-order valence-electron chi connectivity index (χ2n) is 13.7. The molecule has 250 valence electrons. The maximum absolute atomic E-state index is 6.55. The molecule has 0 N–H and O–H groups in total. The van der Waals surface area contributed by atoms with Crippen molar-refractivity contribution in [3.8, 4) is 0 Å². The van der Waals surface area contributed by atoms with Gasteiger partial charge in [0.1, 0.15) is 11.2 Å². The molecule has 0 unspecified atom stereocenters. The molecule has 0 aliphatic carbocycles. The topological polar surface area (TPSA) is 16.4 Å². The van der Waals surface area contributed by atoms with Crippen molar-refractivity contribution >= 4 is 89.4 Å². The van der Waals surface area contributed by atoms with Crippen LogP contribution in [-0.2, 0) is 0 Å². The van der Waals surface area contributed by atoms with E-state index >= 15 is 0 Å². The predicted octanol–water partition coefficient (Wildman–Crippen LogP) is 10.7. The van der Waals surface area contributed by atoms with Gasteiger partial charge in [0, 0.05) is 32.9 Å². The summed E-state index contributed by atoms with van der Waals surface area (Å²) in [6, 6.07) is 77.4. The van der Waals surface area contributed by atoms with Gasteiger partial charge in [-0.3, -0.25) is 0 Å². The number of hydrogen-bond acceptors (Lipinski definition) is 2. The summed E-state index contributed by atoms with van der Waals surface area (Å²) >= 11 is 0. The van der Waals surface area contributed by atoms with Gasteiger partial charge in [0.25, 0.3) is 0 Å². The van der Waals surface area contributed by atoms with E-state index in [1.165, 1.54) is 31.5 Å². The van der Waals surface area contributed by atoms with Gasteiger partial charge in [-0.15, -0.1) is 0 Å². The number of fused-ring (bicyclic) bond motifs is 6. The van der Waals surface area contributed by atoms with Crippen LogP contribution in [0.3, 0.4) is 0 Å². The zero-order chi connectivity index (χ0) is 35.2. The lowest BCUT2D eigenvalue weighted by molar-refractivity contribution is 0.672. The first-order valence-corrected chi connectivity index (χ1v) is 20.2. The Labute approximate surface area is 309 Å². The zero-order valence-corrected chi connectivity index (χ0v) is 30.1. The van der Waals surface area contributed by atoms with Gasteiger partial charge in [-0.05, 0) is 74.0 Å². The second kappa shape index (κ2) is 12.8. The van der Waals surface area contributed by atoms with Gasteiger partial charge < -0.3 is 9.32 Å². The van der Waals surface area contributed by atoms with E-state index < -0.39 is 8.07 Å². The quantitative estimate of drug-likeness (QED) is 0.122. The maximum atomic E-state index is 6.55. The average Bonchev–Trinajstić information content (AvgIpc) is 3.63. The van der Waals surface area contributed by atoms with Gasteiger partial charge in [-0.2, -0.15) is 0 Å². The van der Waals surface area contributed by atoms with Crippen molar-refractivity contribution in [1.82, 2.24) is 0 Å². The molecule has 0 fully saturated rings. The molecule has 0 amide bonds. The lowest BCUT2D eigenvalue weighted by Gasteiger charge is -2.35. The Morgan fingerprint density at radius 1 is 0.340 bits per heavy atom. The van der Waals surface area contributed by atoms with Crippen molar-refractivity contribution in [2.45, 2.75) is 0 Å². The van der Waals surface area contributed by atoms with Crippen LogP contribution in [0.4, 0.5) is 17.1 Å². The summed E-state index contributed by atoms with van der Waals surface area (Å²) in [7, 11) is -2.67. The highest BCUT2D eigenvalue weighted by Crippen LogP contribution is 2.42. The van der Waals surface area contributed by atoms with E-state index in [-0.39, 0.29) is 0 Å². The molecule has 0 atom stereocenters. The zero-order valence-electron chi connectivity index (χ0n) is 29.1. The molecule has 1 aromatic heterocycles. The highest BCUT2D eigenvalue weighted by atomic mass is 28.3. The number of para-hydroxylation sites is 1. The Balaban J connectivity index is 1.21. The third kappa shape index (κ3) is 5.08. The van der Waals surface area contributed by atoms with Crippen molar-refractivity contribution in [2.75, 3.05) is 4.90 Å². The van der Waals surface area contributed by atoms with Gasteiger partial charge in [-0.1, -0.05) is 170 Å². The summed E-state index contributed by atoms with van der Waals surface area (Å²) < 4.78 is 6.55. The van der Waals surface area contributed by atoms with Gasteiger partial charge in [-0.25, -0.2) is 0 Å². The Morgan fingerprint density at radius 2 is 0.849 bits per heavy atom. The Bertz CT molecular complexity index is 2780. The van der Waals surface area contributed by atoms with E-state index in [2.05, 4.69) is 211 Å². The Morgan fingerprint density at radius 3 is 1.53 bits per heavy atom. The number of nitrogens with zero attached hydrogens (tertiary/aromatic N) is 1. The summed E-state index contributed by atoms with van der Waals surface area (Å²) in [6.07, 6.45) is 0. The van der Waals surface area contributed by atoms with Crippen LogP contribution in [0.2, 0.25) is 0 Å². The van der Waals surface area contributed by atoms with Crippen molar-refractivity contribution in [3.05, 3.63) is 212 Å². The van der Waals surface area contributed by atoms with Crippen LogP contribution in [0, 0.1) is 0 Å². The molecule has 0 aliphatic heterocycles. The molecule has 9 aromatic carbocycles. The number of rotatable bonds is 7. The van der Waals surface area contributed by atoms with Crippen LogP contribution in [0.1, 0.15) is 0 Å². The van der Waals surface area contributed by atoms with E-state index in [0.717, 1.165) is 49.8 Å². The minimum atomic E-state index is -2.67. The average molecular weight is 694 g/mol. The molecule has 1 heterocycles. The molecule has 2 nitrogen and oxygen atoms in total. The van der Waals surface area contributed by atoms with Crippen LogP contribution in [0.5, 0.6) is 0 Å². The first kappa shape index (κ1) is 31.1. The molecule has 0 spiro atoms. The van der Waals surface area contributed by atoms with Crippen LogP contribution in [0.25, 0.3) is 43.5 Å². The smallest absolute Gasteiger partial charge is 0.179 e. The maximum Gasteiger partial charge on any atom is 0.179 e. The number of anilines is 3. The van der Waals surface area contributed by atoms with E-state index in [9.17, 15) is 0 Å². The second-order valence-corrected chi connectivity index (χ2v) is 17.5. The Hall–Kier alpha value is -6.68. The molecule has 10 rings (SSSR count). The molecular formula is C50H35NOSi. The summed E-state index contributed by atoms with van der Waals surface area (Å²) in [6.45, 7) is 0. The highest BCUT2D eigenvalue weighted by Gasteiger charge is 2.41. The van der Waals surface area contributed by atoms with E-state index in [1.54, 1.807) is 0 Å². The first-order chi connectivity index (χ1) is 26.3. The fourth-order valence-corrected chi connectivity index (χ4v) is 13.1. The minimum Gasteiger partial charge on any atom is -0.455 e. The molecule has 53 heavy (non-hydrogen) atoms. The fraction of sp³-hybridized carbons (Fsp3) is 0. The van der Waals surface area contributed by atoms with E-state index in [4.69, 9.17) is 4.42 Å². The molecule has 0 aliphatic rings. The monoisotopic (exact) mass is 693 g/mol. The van der Waals surface area contributed by atoms with Crippen molar-refractivity contribution < 1.29 is 4.42 Å². The van der Waals surface area contributed by atoms with Crippen LogP contribution in [-0.4, -0.2) is 8.07 Å². The largest absolute Gasteiger partial charge is 0.455 e. The SMILES string of the molecule is c1ccc([Si](c2ccccc2)(c2ccccc2)c2ccc(N(c3ccc4ccc5c6ccccc6oc5c4c3)c3cccc4ccccc34)cc2)cc1. The van der Waals surface area contributed by atoms with Gasteiger partial charge >= 0.3 is 0 Å². The third-order valence-electron chi connectivity index (χ3n) is 10.8. The summed E-state index contributed by atoms with van der Waals surface area (Å²) in [4.78, 5) is 2.41. The fourth-order valence-electron chi connectivity index (χ4n) is 8.38. The van der Waals surface area contributed by atoms with Gasteiger partial charge in [0.2, 0.25) is 0 Å². The summed E-state index contributed by atoms with van der Waals surface area (Å²) in [5.74, 6) is 0. The number of hydrogen-bond donors (Lipinski definition) is 0. The lowest BCUT2D eigenvalue weighted by atomic mass is 10.0. The number of benzene rings is 9. The third-order valence-corrected chi connectivity index (χ3v) is 15.6. The molecule has 0 saturated heterocycles. The normalized spacial score (nSPS) is 11.8. The summed E-state index contributed by atoms with van der Waals surface area (Å²) in [5, 5.41) is 12.3. The summed E-state index contributed by atoms with van der Waals surface area (Å²) in [5.41, 5.74) is 5.13. The minimum absolute atomic E-state index is 0.907. The highest BCUT2D eigenvalue weighted by molar-refractivity contribution is 7.19. The van der Waals surface area contributed by atoms with Crippen LogP contribution >= 0.6 is 0 Å². The lowest BCUT2D eigenvalue weighted by Crippen LogP contribution is -2.74. The van der Waals surface area contributed by atoms with Crippen LogP contribution in [0.15, 0.2) is 217 Å². The van der Waals surface area contributed by atoms with Crippen LogP contribution < -0.4 is 25.6 Å². The molecule has 10 aromatic rings. The molecule has 0 radical (unpaired) electrons. The molecule has 0 saturated carbocycles. The first-order valence-electron chi connectivity index (χ1n) is 18.2. The van der Waals surface area contributed by atoms with E-state index in [1.807, 2.05) is 6.07 Å². The molecule has 0 bridgehead atoms. The molecular weight excluding hydrogens is 659 g/mol.